The van der Waals surface area contributed by atoms with Crippen molar-refractivity contribution in [3.05, 3.63) is 0 Å². The van der Waals surface area contributed by atoms with Gasteiger partial charge >= 0.3 is 0 Å². The second-order valence-electron chi connectivity index (χ2n) is 5.36. The van der Waals surface area contributed by atoms with E-state index in [0.29, 0.717) is 17.4 Å². The van der Waals surface area contributed by atoms with Crippen LogP contribution in [0.4, 0.5) is 0 Å². The third-order valence-electron chi connectivity index (χ3n) is 4.01. The van der Waals surface area contributed by atoms with Crippen molar-refractivity contribution >= 4 is 0 Å². The molecule has 0 amide bonds. The standard InChI is InChI=1S/C12H23NO/c1-10(2)11-9-12(5-8-14-11)3-6-13-7-4-12/h10-11,13H,3-9H2,1-2H3. The van der Waals surface area contributed by atoms with E-state index in [2.05, 4.69) is 19.2 Å². The quantitative estimate of drug-likeness (QED) is 0.696. The zero-order valence-electron chi connectivity index (χ0n) is 9.51. The van der Waals surface area contributed by atoms with Crippen LogP contribution >= 0.6 is 0 Å². The molecule has 0 saturated carbocycles. The first-order valence-corrected chi connectivity index (χ1v) is 6.04. The molecular weight excluding hydrogens is 174 g/mol. The maximum atomic E-state index is 5.85. The fourth-order valence-electron chi connectivity index (χ4n) is 2.85. The summed E-state index contributed by atoms with van der Waals surface area (Å²) in [7, 11) is 0. The molecule has 1 unspecified atom stereocenters. The highest BCUT2D eigenvalue weighted by atomic mass is 16.5. The van der Waals surface area contributed by atoms with Crippen molar-refractivity contribution in [1.29, 1.82) is 0 Å². The Morgan fingerprint density at radius 2 is 1.93 bits per heavy atom. The number of hydrogen-bond acceptors (Lipinski definition) is 2. The average molecular weight is 197 g/mol. The predicted octanol–water partition coefficient (Wildman–Crippen LogP) is 2.19. The van der Waals surface area contributed by atoms with Gasteiger partial charge in [-0.2, -0.15) is 0 Å². The van der Waals surface area contributed by atoms with E-state index in [9.17, 15) is 0 Å². The summed E-state index contributed by atoms with van der Waals surface area (Å²) in [4.78, 5) is 0. The van der Waals surface area contributed by atoms with Crippen LogP contribution in [-0.2, 0) is 4.74 Å². The molecule has 2 nitrogen and oxygen atoms in total. The Balaban J connectivity index is 1.97. The third-order valence-corrected chi connectivity index (χ3v) is 4.01. The normalized spacial score (nSPS) is 32.4. The van der Waals surface area contributed by atoms with Gasteiger partial charge in [-0.25, -0.2) is 0 Å². The van der Waals surface area contributed by atoms with Gasteiger partial charge < -0.3 is 10.1 Å². The van der Waals surface area contributed by atoms with Crippen molar-refractivity contribution in [2.24, 2.45) is 11.3 Å². The van der Waals surface area contributed by atoms with Crippen LogP contribution in [0.1, 0.15) is 39.5 Å². The number of ether oxygens (including phenoxy) is 1. The Bertz CT molecular complexity index is 179. The Labute approximate surface area is 87.4 Å². The van der Waals surface area contributed by atoms with Gasteiger partial charge in [0.05, 0.1) is 6.10 Å². The van der Waals surface area contributed by atoms with Crippen LogP contribution in [0.25, 0.3) is 0 Å². The highest BCUT2D eigenvalue weighted by Crippen LogP contribution is 2.42. The summed E-state index contributed by atoms with van der Waals surface area (Å²) in [6, 6.07) is 0. The highest BCUT2D eigenvalue weighted by Gasteiger charge is 2.38. The first-order valence-electron chi connectivity index (χ1n) is 6.04. The lowest BCUT2D eigenvalue weighted by Crippen LogP contribution is -2.44. The minimum absolute atomic E-state index is 0.516. The van der Waals surface area contributed by atoms with Gasteiger partial charge in [0.1, 0.15) is 0 Å². The molecule has 2 aliphatic heterocycles. The molecule has 1 spiro atoms. The first-order chi connectivity index (χ1) is 6.72. The van der Waals surface area contributed by atoms with Gasteiger partial charge in [-0.1, -0.05) is 13.8 Å². The Hall–Kier alpha value is -0.0800. The fourth-order valence-corrected chi connectivity index (χ4v) is 2.85. The SMILES string of the molecule is CC(C)C1CC2(CCNCC2)CCO1. The van der Waals surface area contributed by atoms with Crippen LogP contribution in [0.3, 0.4) is 0 Å². The molecule has 2 rings (SSSR count). The first kappa shape index (κ1) is 10.4. The molecule has 2 heteroatoms. The number of hydrogen-bond donors (Lipinski definition) is 1. The van der Waals surface area contributed by atoms with Crippen molar-refractivity contribution in [2.75, 3.05) is 19.7 Å². The van der Waals surface area contributed by atoms with E-state index in [1.807, 2.05) is 0 Å². The molecule has 1 N–H and O–H groups in total. The second-order valence-corrected chi connectivity index (χ2v) is 5.36. The zero-order valence-corrected chi connectivity index (χ0v) is 9.51. The van der Waals surface area contributed by atoms with E-state index >= 15 is 0 Å². The van der Waals surface area contributed by atoms with E-state index in [1.165, 1.54) is 38.8 Å². The Kier molecular flexibility index (Phi) is 3.13. The number of piperidine rings is 1. The summed E-state index contributed by atoms with van der Waals surface area (Å²) in [5.41, 5.74) is 0.623. The monoisotopic (exact) mass is 197 g/mol. The minimum atomic E-state index is 0.516. The summed E-state index contributed by atoms with van der Waals surface area (Å²) < 4.78 is 5.85. The lowest BCUT2D eigenvalue weighted by molar-refractivity contribution is -0.0785. The zero-order chi connectivity index (χ0) is 10.0. The molecule has 1 atom stereocenters. The maximum Gasteiger partial charge on any atom is 0.0603 e. The lowest BCUT2D eigenvalue weighted by Gasteiger charge is -2.44. The topological polar surface area (TPSA) is 21.3 Å². The average Bonchev–Trinajstić information content (AvgIpc) is 2.19. The minimum Gasteiger partial charge on any atom is -0.378 e. The van der Waals surface area contributed by atoms with Gasteiger partial charge in [-0.3, -0.25) is 0 Å². The van der Waals surface area contributed by atoms with Gasteiger partial charge in [0.25, 0.3) is 0 Å². The van der Waals surface area contributed by atoms with Gasteiger partial charge in [0.15, 0.2) is 0 Å². The second kappa shape index (κ2) is 4.19. The molecular formula is C12H23NO. The van der Waals surface area contributed by atoms with Crippen LogP contribution < -0.4 is 5.32 Å². The van der Waals surface area contributed by atoms with Crippen LogP contribution in [0.2, 0.25) is 0 Å². The van der Waals surface area contributed by atoms with Crippen LogP contribution in [0, 0.1) is 11.3 Å². The van der Waals surface area contributed by atoms with Crippen LogP contribution in [0.15, 0.2) is 0 Å². The smallest absolute Gasteiger partial charge is 0.0603 e. The largest absolute Gasteiger partial charge is 0.378 e. The third kappa shape index (κ3) is 2.12. The Morgan fingerprint density at radius 1 is 1.21 bits per heavy atom. The molecule has 0 aliphatic carbocycles. The van der Waals surface area contributed by atoms with E-state index in [0.717, 1.165) is 6.61 Å². The summed E-state index contributed by atoms with van der Waals surface area (Å²) in [6.07, 6.45) is 5.82. The molecule has 82 valence electrons. The molecule has 0 aromatic heterocycles. The molecule has 0 aromatic carbocycles. The van der Waals surface area contributed by atoms with Gasteiger partial charge in [0, 0.05) is 6.61 Å². The van der Waals surface area contributed by atoms with Crippen LogP contribution in [-0.4, -0.2) is 25.8 Å². The summed E-state index contributed by atoms with van der Waals surface area (Å²) in [5, 5.41) is 3.46. The van der Waals surface area contributed by atoms with Crippen molar-refractivity contribution in [3.8, 4) is 0 Å². The maximum absolute atomic E-state index is 5.85. The number of nitrogens with one attached hydrogen (secondary N) is 1. The van der Waals surface area contributed by atoms with Crippen LogP contribution in [0.5, 0.6) is 0 Å². The van der Waals surface area contributed by atoms with Crippen molar-refractivity contribution in [3.63, 3.8) is 0 Å². The molecule has 2 saturated heterocycles. The summed E-state index contributed by atoms with van der Waals surface area (Å²) >= 11 is 0. The number of rotatable bonds is 1. The van der Waals surface area contributed by atoms with Gasteiger partial charge in [-0.05, 0) is 50.1 Å². The fraction of sp³-hybridized carbons (Fsp3) is 1.00. The van der Waals surface area contributed by atoms with E-state index in [1.54, 1.807) is 0 Å². The molecule has 14 heavy (non-hydrogen) atoms. The van der Waals surface area contributed by atoms with E-state index < -0.39 is 0 Å². The molecule has 0 radical (unpaired) electrons. The molecule has 2 heterocycles. The van der Waals surface area contributed by atoms with Crippen molar-refractivity contribution in [1.82, 2.24) is 5.32 Å². The molecule has 2 fully saturated rings. The lowest BCUT2D eigenvalue weighted by atomic mass is 9.70. The Morgan fingerprint density at radius 3 is 2.57 bits per heavy atom. The van der Waals surface area contributed by atoms with E-state index in [-0.39, 0.29) is 0 Å². The predicted molar refractivity (Wildman–Crippen MR) is 58.3 cm³/mol. The molecule has 0 aromatic rings. The highest BCUT2D eigenvalue weighted by molar-refractivity contribution is 4.90. The molecule has 0 bridgehead atoms. The molecule has 2 aliphatic rings. The van der Waals surface area contributed by atoms with Crippen molar-refractivity contribution in [2.45, 2.75) is 45.6 Å². The van der Waals surface area contributed by atoms with E-state index in [4.69, 9.17) is 4.74 Å². The summed E-state index contributed by atoms with van der Waals surface area (Å²) in [5.74, 6) is 0.682. The van der Waals surface area contributed by atoms with Gasteiger partial charge in [0.2, 0.25) is 0 Å². The van der Waals surface area contributed by atoms with Gasteiger partial charge in [-0.15, -0.1) is 0 Å². The summed E-state index contributed by atoms with van der Waals surface area (Å²) in [6.45, 7) is 7.98. The van der Waals surface area contributed by atoms with Crippen molar-refractivity contribution < 1.29 is 4.74 Å².